The van der Waals surface area contributed by atoms with Gasteiger partial charge in [0, 0.05) is 17.3 Å². The molecule has 1 heterocycles. The number of unbranched alkanes of at least 4 members (excludes halogenated alkanes) is 1. The average molecular weight is 350 g/mol. The fourth-order valence-electron chi connectivity index (χ4n) is 3.20. The van der Waals surface area contributed by atoms with E-state index in [1.165, 1.54) is 0 Å². The van der Waals surface area contributed by atoms with E-state index in [9.17, 15) is 9.59 Å². The van der Waals surface area contributed by atoms with Gasteiger partial charge in [-0.15, -0.1) is 0 Å². The molecule has 130 valence electrons. The highest BCUT2D eigenvalue weighted by Gasteiger charge is 2.51. The number of hydrogen-bond acceptors (Lipinski definition) is 3. The van der Waals surface area contributed by atoms with Crippen LogP contribution in [0.3, 0.4) is 0 Å². The molecule has 1 unspecified atom stereocenters. The molecule has 1 aliphatic heterocycles. The summed E-state index contributed by atoms with van der Waals surface area (Å²) in [6.45, 7) is 2.75. The third-order valence-corrected chi connectivity index (χ3v) is 5.20. The highest BCUT2D eigenvalue weighted by Crippen LogP contribution is 2.36. The molecule has 0 bridgehead atoms. The van der Waals surface area contributed by atoms with E-state index in [0.29, 0.717) is 11.6 Å². The Kier molecular flexibility index (Phi) is 4.83. The zero-order chi connectivity index (χ0) is 17.3. The summed E-state index contributed by atoms with van der Waals surface area (Å²) < 4.78 is 0. The van der Waals surface area contributed by atoms with Gasteiger partial charge in [-0.25, -0.2) is 0 Å². The second-order valence-corrected chi connectivity index (χ2v) is 7.30. The molecule has 5 nitrogen and oxygen atoms in total. The first-order valence-electron chi connectivity index (χ1n) is 8.60. The predicted molar refractivity (Wildman–Crippen MR) is 95.0 cm³/mol. The lowest BCUT2D eigenvalue weighted by atomic mass is 10.0. The van der Waals surface area contributed by atoms with E-state index in [2.05, 4.69) is 6.92 Å². The topological polar surface area (TPSA) is 66.6 Å². The Morgan fingerprint density at radius 1 is 1.33 bits per heavy atom. The summed E-state index contributed by atoms with van der Waals surface area (Å²) in [5, 5.41) is 0.640. The Morgan fingerprint density at radius 2 is 2.00 bits per heavy atom. The Labute approximate surface area is 147 Å². The smallest absolute Gasteiger partial charge is 0.246 e. The van der Waals surface area contributed by atoms with Crippen molar-refractivity contribution in [2.24, 2.45) is 5.73 Å². The van der Waals surface area contributed by atoms with E-state index in [4.69, 9.17) is 17.3 Å². The lowest BCUT2D eigenvalue weighted by Gasteiger charge is -2.42. The van der Waals surface area contributed by atoms with Crippen LogP contribution in [0.25, 0.3) is 0 Å². The van der Waals surface area contributed by atoms with Gasteiger partial charge >= 0.3 is 0 Å². The Balaban J connectivity index is 1.80. The predicted octanol–water partition coefficient (Wildman–Crippen LogP) is 2.57. The number of hydrogen-bond donors (Lipinski definition) is 1. The first-order valence-corrected chi connectivity index (χ1v) is 8.98. The maximum absolute atomic E-state index is 12.7. The quantitative estimate of drug-likeness (QED) is 0.888. The van der Waals surface area contributed by atoms with Crippen LogP contribution < -0.4 is 10.6 Å². The molecular weight excluding hydrogens is 326 g/mol. The number of carbonyl (C=O) groups is 2. The Hall–Kier alpha value is -1.59. The molecular formula is C18H24ClN3O2. The third-order valence-electron chi connectivity index (χ3n) is 4.95. The van der Waals surface area contributed by atoms with Crippen molar-refractivity contribution in [1.29, 1.82) is 0 Å². The summed E-state index contributed by atoms with van der Waals surface area (Å²) in [4.78, 5) is 28.8. The van der Waals surface area contributed by atoms with Crippen molar-refractivity contribution < 1.29 is 9.59 Å². The lowest BCUT2D eigenvalue weighted by molar-refractivity contribution is -0.141. The number of carbonyl (C=O) groups excluding carboxylic acids is 2. The minimum absolute atomic E-state index is 0.0202. The molecule has 2 N–H and O–H groups in total. The van der Waals surface area contributed by atoms with Crippen LogP contribution in [0.5, 0.6) is 0 Å². The SMILES string of the molecule is CCCCC1CN(c2ccc(Cl)cc2)C(=O)CN1C(=O)C1(N)CC1. The van der Waals surface area contributed by atoms with Crippen molar-refractivity contribution in [2.75, 3.05) is 18.0 Å². The van der Waals surface area contributed by atoms with Crippen LogP contribution in [-0.4, -0.2) is 41.4 Å². The van der Waals surface area contributed by atoms with E-state index >= 15 is 0 Å². The van der Waals surface area contributed by atoms with Crippen LogP contribution >= 0.6 is 11.6 Å². The van der Waals surface area contributed by atoms with Gasteiger partial charge in [0.25, 0.3) is 0 Å². The molecule has 1 aromatic rings. The highest BCUT2D eigenvalue weighted by molar-refractivity contribution is 6.30. The first kappa shape index (κ1) is 17.2. The number of benzene rings is 1. The molecule has 2 aliphatic rings. The van der Waals surface area contributed by atoms with Gasteiger partial charge in [0.15, 0.2) is 0 Å². The Bertz CT molecular complexity index is 628. The van der Waals surface area contributed by atoms with Crippen molar-refractivity contribution in [1.82, 2.24) is 4.90 Å². The van der Waals surface area contributed by atoms with Crippen molar-refractivity contribution in [2.45, 2.75) is 50.6 Å². The molecule has 2 fully saturated rings. The summed E-state index contributed by atoms with van der Waals surface area (Å²) in [5.41, 5.74) is 6.19. The number of nitrogens with two attached hydrogens (primary N) is 1. The van der Waals surface area contributed by atoms with Gasteiger partial charge in [0.2, 0.25) is 11.8 Å². The van der Waals surface area contributed by atoms with Crippen molar-refractivity contribution in [3.8, 4) is 0 Å². The van der Waals surface area contributed by atoms with Crippen molar-refractivity contribution >= 4 is 29.1 Å². The van der Waals surface area contributed by atoms with Crippen LogP contribution in [0.1, 0.15) is 39.0 Å². The highest BCUT2D eigenvalue weighted by atomic mass is 35.5. The molecule has 0 spiro atoms. The van der Waals surface area contributed by atoms with E-state index in [1.54, 1.807) is 21.9 Å². The molecule has 1 aromatic carbocycles. The summed E-state index contributed by atoms with van der Waals surface area (Å²) in [6.07, 6.45) is 4.40. The van der Waals surface area contributed by atoms with Crippen LogP contribution in [0.4, 0.5) is 5.69 Å². The number of piperazine rings is 1. The average Bonchev–Trinajstić information content (AvgIpc) is 3.32. The summed E-state index contributed by atoms with van der Waals surface area (Å²) in [5.74, 6) is -0.129. The number of anilines is 1. The van der Waals surface area contributed by atoms with Gasteiger partial charge in [0.1, 0.15) is 6.54 Å². The molecule has 0 radical (unpaired) electrons. The molecule has 3 rings (SSSR count). The zero-order valence-corrected chi connectivity index (χ0v) is 14.8. The van der Waals surface area contributed by atoms with Crippen LogP contribution in [0, 0.1) is 0 Å². The van der Waals surface area contributed by atoms with E-state index in [-0.39, 0.29) is 24.4 Å². The molecule has 0 aromatic heterocycles. The van der Waals surface area contributed by atoms with E-state index in [1.807, 2.05) is 12.1 Å². The first-order chi connectivity index (χ1) is 11.4. The minimum Gasteiger partial charge on any atom is -0.327 e. The molecule has 24 heavy (non-hydrogen) atoms. The van der Waals surface area contributed by atoms with Gasteiger partial charge < -0.3 is 15.5 Å². The molecule has 2 amide bonds. The number of nitrogens with zero attached hydrogens (tertiary/aromatic N) is 2. The Morgan fingerprint density at radius 3 is 2.58 bits per heavy atom. The monoisotopic (exact) mass is 349 g/mol. The van der Waals surface area contributed by atoms with Gasteiger partial charge in [-0.3, -0.25) is 9.59 Å². The molecule has 1 saturated heterocycles. The van der Waals surface area contributed by atoms with Gasteiger partial charge in [0.05, 0.1) is 11.6 Å². The lowest BCUT2D eigenvalue weighted by Crippen LogP contribution is -2.61. The molecule has 1 saturated carbocycles. The van der Waals surface area contributed by atoms with Crippen LogP contribution in [0.15, 0.2) is 24.3 Å². The molecule has 1 aliphatic carbocycles. The minimum atomic E-state index is -0.729. The summed E-state index contributed by atoms with van der Waals surface area (Å²) >= 11 is 5.94. The second kappa shape index (κ2) is 6.73. The largest absolute Gasteiger partial charge is 0.327 e. The van der Waals surface area contributed by atoms with Gasteiger partial charge in [-0.05, 0) is 43.5 Å². The number of amides is 2. The van der Waals surface area contributed by atoms with Crippen LogP contribution in [-0.2, 0) is 9.59 Å². The van der Waals surface area contributed by atoms with Crippen LogP contribution in [0.2, 0.25) is 5.02 Å². The molecule has 6 heteroatoms. The summed E-state index contributed by atoms with van der Waals surface area (Å²) in [7, 11) is 0. The molecule has 1 atom stereocenters. The third kappa shape index (κ3) is 3.42. The normalized spacial score (nSPS) is 22.6. The zero-order valence-electron chi connectivity index (χ0n) is 14.0. The number of halogens is 1. The standard InChI is InChI=1S/C18H24ClN3O2/c1-2-3-4-15-11-21(14-7-5-13(19)6-8-14)16(23)12-22(15)17(24)18(20)9-10-18/h5-8,15H,2-4,9-12,20H2,1H3. The van der Waals surface area contributed by atoms with Gasteiger partial charge in [-0.1, -0.05) is 31.4 Å². The number of rotatable bonds is 5. The summed E-state index contributed by atoms with van der Waals surface area (Å²) in [6, 6.07) is 7.27. The fourth-order valence-corrected chi connectivity index (χ4v) is 3.33. The van der Waals surface area contributed by atoms with Gasteiger partial charge in [-0.2, -0.15) is 0 Å². The van der Waals surface area contributed by atoms with Crippen molar-refractivity contribution in [3.63, 3.8) is 0 Å². The second-order valence-electron chi connectivity index (χ2n) is 6.87. The maximum atomic E-state index is 12.7. The van der Waals surface area contributed by atoms with Crippen molar-refractivity contribution in [3.05, 3.63) is 29.3 Å². The van der Waals surface area contributed by atoms with E-state index in [0.717, 1.165) is 37.8 Å². The maximum Gasteiger partial charge on any atom is 0.246 e. The van der Waals surface area contributed by atoms with E-state index < -0.39 is 5.54 Å². The fraction of sp³-hybridized carbons (Fsp3) is 0.556.